The summed E-state index contributed by atoms with van der Waals surface area (Å²) in [5.74, 6) is -1.17. The molecule has 0 amide bonds. The summed E-state index contributed by atoms with van der Waals surface area (Å²) >= 11 is 5.98. The van der Waals surface area contributed by atoms with Gasteiger partial charge in [-0.2, -0.15) is 5.26 Å². The number of halogens is 1. The van der Waals surface area contributed by atoms with Crippen LogP contribution in [0.25, 0.3) is 0 Å². The molecule has 0 saturated carbocycles. The largest absolute Gasteiger partial charge is 0.487 e. The fourth-order valence-electron chi connectivity index (χ4n) is 2.22. The van der Waals surface area contributed by atoms with Crippen molar-refractivity contribution in [1.29, 1.82) is 5.26 Å². The summed E-state index contributed by atoms with van der Waals surface area (Å²) in [6.07, 6.45) is 1.12. The fourth-order valence-corrected chi connectivity index (χ4v) is 2.38. The van der Waals surface area contributed by atoms with E-state index in [4.69, 9.17) is 36.4 Å². The molecule has 0 atom stereocenters. The van der Waals surface area contributed by atoms with Crippen LogP contribution < -0.4 is 14.8 Å². The molecule has 31 heavy (non-hydrogen) atoms. The molecular formula is C21H21ClN2O7. The number of aliphatic hydroxyl groups is 1. The number of para-hydroxylation sites is 1. The maximum atomic E-state index is 9.55. The molecule has 0 bridgehead atoms. The predicted molar refractivity (Wildman–Crippen MR) is 112 cm³/mol. The van der Waals surface area contributed by atoms with Crippen molar-refractivity contribution in [3.05, 3.63) is 64.7 Å². The monoisotopic (exact) mass is 448 g/mol. The first-order valence-corrected chi connectivity index (χ1v) is 9.21. The second-order valence-electron chi connectivity index (χ2n) is 5.71. The second-order valence-corrected chi connectivity index (χ2v) is 6.15. The van der Waals surface area contributed by atoms with Crippen LogP contribution in [0, 0.1) is 11.3 Å². The molecular weight excluding hydrogens is 428 g/mol. The molecule has 2 aromatic carbocycles. The number of nitrogens with zero attached hydrogens (tertiary/aromatic N) is 1. The number of hydrogen-bond acceptors (Lipinski definition) is 7. The van der Waals surface area contributed by atoms with Crippen LogP contribution in [0.4, 0.5) is 0 Å². The van der Waals surface area contributed by atoms with Gasteiger partial charge in [0.15, 0.2) is 11.5 Å². The zero-order chi connectivity index (χ0) is 23.2. The van der Waals surface area contributed by atoms with Crippen molar-refractivity contribution < 1.29 is 34.4 Å². The average molecular weight is 449 g/mol. The molecule has 4 N–H and O–H groups in total. The Hall–Kier alpha value is -3.58. The molecule has 0 radical (unpaired) electrons. The number of nitrogens with one attached hydrogen (secondary N) is 1. The minimum absolute atomic E-state index is 0.103. The Morgan fingerprint density at radius 2 is 1.84 bits per heavy atom. The standard InChI is InChI=1S/C17H17ClN2O3.C4H4O4/c1-20-11-13-3-2-4-15(17(13)22-8-7-21)23-16-9-14(18)6-5-12(16)10-19;5-3(6)1-2-4(7)8/h2-6,9,20-21H,7-8,11H2,1H3;1-2H,(H,5,6)(H,7,8). The number of hydrogen-bond donors (Lipinski definition) is 4. The molecule has 0 unspecified atom stereocenters. The first-order chi connectivity index (χ1) is 14.8. The van der Waals surface area contributed by atoms with E-state index < -0.39 is 11.9 Å². The Morgan fingerprint density at radius 1 is 1.16 bits per heavy atom. The van der Waals surface area contributed by atoms with E-state index in [1.807, 2.05) is 19.2 Å². The Labute approximate surface area is 183 Å². The van der Waals surface area contributed by atoms with E-state index in [9.17, 15) is 14.9 Å². The van der Waals surface area contributed by atoms with E-state index in [0.717, 1.165) is 5.56 Å². The van der Waals surface area contributed by atoms with E-state index in [0.29, 0.717) is 46.5 Å². The number of rotatable bonds is 9. The van der Waals surface area contributed by atoms with Crippen molar-refractivity contribution in [2.45, 2.75) is 6.54 Å². The summed E-state index contributed by atoms with van der Waals surface area (Å²) in [4.78, 5) is 19.1. The lowest BCUT2D eigenvalue weighted by Gasteiger charge is -2.16. The van der Waals surface area contributed by atoms with Crippen LogP contribution in [-0.4, -0.2) is 47.5 Å². The first kappa shape index (κ1) is 25.5. The highest BCUT2D eigenvalue weighted by Gasteiger charge is 2.14. The third-order valence-corrected chi connectivity index (χ3v) is 3.65. The number of aliphatic carboxylic acids is 2. The lowest BCUT2D eigenvalue weighted by atomic mass is 10.1. The summed E-state index contributed by atoms with van der Waals surface area (Å²) in [7, 11) is 1.83. The van der Waals surface area contributed by atoms with Gasteiger partial charge in [-0.15, -0.1) is 0 Å². The van der Waals surface area contributed by atoms with Crippen LogP contribution in [0.15, 0.2) is 48.6 Å². The highest BCUT2D eigenvalue weighted by molar-refractivity contribution is 6.30. The van der Waals surface area contributed by atoms with Gasteiger partial charge >= 0.3 is 11.9 Å². The number of benzene rings is 2. The number of ether oxygens (including phenoxy) is 2. The lowest BCUT2D eigenvalue weighted by Crippen LogP contribution is -2.10. The number of carboxylic acids is 2. The van der Waals surface area contributed by atoms with Gasteiger partial charge in [-0.25, -0.2) is 9.59 Å². The molecule has 0 aliphatic heterocycles. The predicted octanol–water partition coefficient (Wildman–Crippen LogP) is 2.81. The third kappa shape index (κ3) is 9.18. The Balaban J connectivity index is 0.000000512. The Kier molecular flexibility index (Phi) is 11.2. The van der Waals surface area contributed by atoms with Crippen molar-refractivity contribution in [3.63, 3.8) is 0 Å². The molecule has 164 valence electrons. The first-order valence-electron chi connectivity index (χ1n) is 8.84. The van der Waals surface area contributed by atoms with Gasteiger partial charge in [0, 0.05) is 35.3 Å². The maximum Gasteiger partial charge on any atom is 0.328 e. The van der Waals surface area contributed by atoms with Crippen LogP contribution in [0.5, 0.6) is 17.2 Å². The van der Waals surface area contributed by atoms with Crippen LogP contribution in [-0.2, 0) is 16.1 Å². The lowest BCUT2D eigenvalue weighted by molar-refractivity contribution is -0.134. The van der Waals surface area contributed by atoms with Gasteiger partial charge in [0.2, 0.25) is 0 Å². The third-order valence-electron chi connectivity index (χ3n) is 3.42. The number of carboxylic acid groups (broad SMARTS) is 2. The summed E-state index contributed by atoms with van der Waals surface area (Å²) in [6, 6.07) is 12.4. The molecule has 0 aliphatic carbocycles. The Morgan fingerprint density at radius 3 is 2.39 bits per heavy atom. The van der Waals surface area contributed by atoms with Gasteiger partial charge in [0.25, 0.3) is 0 Å². The molecule has 0 fully saturated rings. The SMILES string of the molecule is CNCc1cccc(Oc2cc(Cl)ccc2C#N)c1OCCO.O=C(O)C=CC(=O)O. The highest BCUT2D eigenvalue weighted by atomic mass is 35.5. The van der Waals surface area contributed by atoms with Crippen molar-refractivity contribution in [2.75, 3.05) is 20.3 Å². The van der Waals surface area contributed by atoms with Gasteiger partial charge in [0.05, 0.1) is 12.2 Å². The van der Waals surface area contributed by atoms with Crippen LogP contribution in [0.2, 0.25) is 5.02 Å². The summed E-state index contributed by atoms with van der Waals surface area (Å²) in [5, 5.41) is 37.3. The van der Waals surface area contributed by atoms with E-state index in [1.54, 1.807) is 24.3 Å². The van der Waals surface area contributed by atoms with Crippen LogP contribution in [0.1, 0.15) is 11.1 Å². The number of aliphatic hydroxyl groups excluding tert-OH is 1. The van der Waals surface area contributed by atoms with E-state index >= 15 is 0 Å². The van der Waals surface area contributed by atoms with E-state index in [1.165, 1.54) is 0 Å². The molecule has 10 heteroatoms. The smallest absolute Gasteiger partial charge is 0.328 e. The molecule has 0 heterocycles. The van der Waals surface area contributed by atoms with Crippen molar-refractivity contribution in [1.82, 2.24) is 5.32 Å². The number of nitriles is 1. The number of carbonyl (C=O) groups is 2. The van der Waals surface area contributed by atoms with Gasteiger partial charge in [-0.1, -0.05) is 23.7 Å². The maximum absolute atomic E-state index is 9.55. The quantitative estimate of drug-likeness (QED) is 0.424. The summed E-state index contributed by atoms with van der Waals surface area (Å²) in [6.45, 7) is 0.629. The van der Waals surface area contributed by atoms with Crippen molar-refractivity contribution >= 4 is 23.5 Å². The summed E-state index contributed by atoms with van der Waals surface area (Å²) < 4.78 is 11.5. The van der Waals surface area contributed by atoms with Gasteiger partial charge < -0.3 is 30.1 Å². The van der Waals surface area contributed by atoms with E-state index in [-0.39, 0.29) is 13.2 Å². The highest BCUT2D eigenvalue weighted by Crippen LogP contribution is 2.36. The average Bonchev–Trinajstić information content (AvgIpc) is 2.73. The zero-order valence-corrected chi connectivity index (χ0v) is 17.3. The topological polar surface area (TPSA) is 149 Å². The molecule has 0 aliphatic rings. The molecule has 0 saturated heterocycles. The van der Waals surface area contributed by atoms with Crippen molar-refractivity contribution in [3.8, 4) is 23.3 Å². The molecule has 2 aromatic rings. The molecule has 0 spiro atoms. The van der Waals surface area contributed by atoms with Gasteiger partial charge in [-0.05, 0) is 25.2 Å². The van der Waals surface area contributed by atoms with Gasteiger partial charge in [-0.3, -0.25) is 0 Å². The van der Waals surface area contributed by atoms with Gasteiger partial charge in [0.1, 0.15) is 18.4 Å². The second kappa shape index (κ2) is 13.6. The van der Waals surface area contributed by atoms with Crippen LogP contribution in [0.3, 0.4) is 0 Å². The summed E-state index contributed by atoms with van der Waals surface area (Å²) in [5.41, 5.74) is 1.26. The Bertz CT molecular complexity index is 955. The van der Waals surface area contributed by atoms with E-state index in [2.05, 4.69) is 11.4 Å². The fraction of sp³-hybridized carbons (Fsp3) is 0.190. The molecule has 2 rings (SSSR count). The minimum Gasteiger partial charge on any atom is -0.487 e. The minimum atomic E-state index is -1.26. The van der Waals surface area contributed by atoms with Crippen molar-refractivity contribution in [2.24, 2.45) is 0 Å². The normalized spacial score (nSPS) is 10.0. The van der Waals surface area contributed by atoms with Crippen LogP contribution >= 0.6 is 11.6 Å². The zero-order valence-electron chi connectivity index (χ0n) is 16.5. The molecule has 9 nitrogen and oxygen atoms in total. The molecule has 0 aromatic heterocycles.